The number of carbonyl (C=O) groups excluding carboxylic acids is 3. The number of ether oxygens (including phenoxy) is 2. The van der Waals surface area contributed by atoms with Gasteiger partial charge in [-0.05, 0) is 88.1 Å². The molecular formula is C43H59N3O6. The topological polar surface area (TPSA) is 99.6 Å². The summed E-state index contributed by atoms with van der Waals surface area (Å²) < 4.78 is 12.8. The third-order valence-electron chi connectivity index (χ3n) is 11.5. The lowest BCUT2D eigenvalue weighted by atomic mass is 9.62. The van der Waals surface area contributed by atoms with Gasteiger partial charge in [0.1, 0.15) is 17.4 Å². The number of carbonyl (C=O) groups is 3. The van der Waals surface area contributed by atoms with E-state index >= 15 is 14.4 Å². The van der Waals surface area contributed by atoms with E-state index < -0.39 is 40.7 Å². The number of fused-ring (bicyclic) bond motifs is 1. The Morgan fingerprint density at radius 2 is 1.67 bits per heavy atom. The quantitative estimate of drug-likeness (QED) is 0.213. The molecule has 9 nitrogen and oxygen atoms in total. The Bertz CT molecular complexity index is 1630. The molecule has 52 heavy (non-hydrogen) atoms. The maximum atomic E-state index is 15.5. The van der Waals surface area contributed by atoms with E-state index in [1.54, 1.807) is 22.0 Å². The number of benzene rings is 2. The number of likely N-dealkylation sites (tertiary alicyclic amines) is 1. The van der Waals surface area contributed by atoms with Crippen LogP contribution in [0.4, 0.5) is 5.69 Å². The number of rotatable bonds is 15. The number of aliphatic hydroxyl groups excluding tert-OH is 1. The Morgan fingerprint density at radius 1 is 1.04 bits per heavy atom. The van der Waals surface area contributed by atoms with Crippen LogP contribution in [0, 0.1) is 23.2 Å². The molecule has 5 rings (SSSR count). The smallest absolute Gasteiger partial charge is 0.249 e. The molecule has 282 valence electrons. The number of aliphatic hydroxyl groups is 1. The van der Waals surface area contributed by atoms with Gasteiger partial charge in [0, 0.05) is 24.3 Å². The third-order valence-corrected chi connectivity index (χ3v) is 11.5. The van der Waals surface area contributed by atoms with Gasteiger partial charge in [-0.3, -0.25) is 14.4 Å². The van der Waals surface area contributed by atoms with E-state index in [-0.39, 0.29) is 48.8 Å². The molecule has 0 aliphatic carbocycles. The van der Waals surface area contributed by atoms with Crippen molar-refractivity contribution in [2.24, 2.45) is 23.2 Å². The molecule has 0 aromatic heterocycles. The first kappa shape index (κ1) is 39.3. The minimum absolute atomic E-state index is 0.104. The van der Waals surface area contributed by atoms with Gasteiger partial charge in [0.25, 0.3) is 0 Å². The van der Waals surface area contributed by atoms with Crippen molar-refractivity contribution < 1.29 is 29.0 Å². The summed E-state index contributed by atoms with van der Waals surface area (Å²) in [7, 11) is 0. The lowest BCUT2D eigenvalue weighted by Crippen LogP contribution is -2.63. The molecule has 7 atom stereocenters. The summed E-state index contributed by atoms with van der Waals surface area (Å²) in [6.45, 7) is 25.0. The maximum Gasteiger partial charge on any atom is 0.249 e. The van der Waals surface area contributed by atoms with Crippen molar-refractivity contribution in [2.75, 3.05) is 31.2 Å². The van der Waals surface area contributed by atoms with Crippen LogP contribution in [0.25, 0.3) is 0 Å². The normalized spacial score (nSPS) is 27.2. The zero-order valence-electron chi connectivity index (χ0n) is 32.4. The molecule has 2 aromatic carbocycles. The largest absolute Gasteiger partial charge is 0.494 e. The fourth-order valence-corrected chi connectivity index (χ4v) is 9.68. The van der Waals surface area contributed by atoms with Gasteiger partial charge in [0.05, 0.1) is 36.7 Å². The fraction of sp³-hybridized carbons (Fsp3) is 0.558. The third kappa shape index (κ3) is 6.94. The zero-order chi connectivity index (χ0) is 38.2. The van der Waals surface area contributed by atoms with Crippen LogP contribution < -0.4 is 9.64 Å². The Labute approximate surface area is 310 Å². The van der Waals surface area contributed by atoms with E-state index in [9.17, 15) is 5.11 Å². The molecule has 2 bridgehead atoms. The zero-order valence-corrected chi connectivity index (χ0v) is 32.4. The van der Waals surface area contributed by atoms with Crippen LogP contribution in [-0.4, -0.2) is 87.8 Å². The van der Waals surface area contributed by atoms with E-state index in [0.717, 1.165) is 5.56 Å². The summed E-state index contributed by atoms with van der Waals surface area (Å²) in [5.41, 5.74) is -1.45. The van der Waals surface area contributed by atoms with Gasteiger partial charge in [-0.1, -0.05) is 70.2 Å². The van der Waals surface area contributed by atoms with Crippen LogP contribution in [0.2, 0.25) is 0 Å². The maximum absolute atomic E-state index is 15.5. The van der Waals surface area contributed by atoms with Crippen LogP contribution in [-0.2, 0) is 25.5 Å². The van der Waals surface area contributed by atoms with E-state index in [1.807, 2.05) is 80.3 Å². The molecule has 3 amide bonds. The van der Waals surface area contributed by atoms with Gasteiger partial charge in [-0.2, -0.15) is 0 Å². The second-order valence-electron chi connectivity index (χ2n) is 16.9. The average Bonchev–Trinajstić information content (AvgIpc) is 3.60. The van der Waals surface area contributed by atoms with Crippen LogP contribution in [0.3, 0.4) is 0 Å². The first-order valence-corrected chi connectivity index (χ1v) is 18.7. The SMILES string of the molecule is C=CCN(C(=O)[C@H]1[C@H]2C(=O)N([C@@H](CO)Cc3ccccc3)C(C(=O)N(CC=C)C(C)(C)CC(C)(C)C)C23CC(C)[C@]1(C)O3)c1ccc(OCC)cc1. The van der Waals surface area contributed by atoms with Crippen molar-refractivity contribution in [2.45, 2.75) is 103 Å². The monoisotopic (exact) mass is 713 g/mol. The molecule has 1 N–H and O–H groups in total. The average molecular weight is 714 g/mol. The van der Waals surface area contributed by atoms with E-state index in [0.29, 0.717) is 37.3 Å². The molecule has 3 unspecified atom stereocenters. The molecule has 3 saturated heterocycles. The molecule has 0 saturated carbocycles. The van der Waals surface area contributed by atoms with E-state index in [1.165, 1.54) is 0 Å². The fourth-order valence-electron chi connectivity index (χ4n) is 9.68. The number of anilines is 1. The van der Waals surface area contributed by atoms with E-state index in [2.05, 4.69) is 47.8 Å². The highest BCUT2D eigenvalue weighted by molar-refractivity contribution is 6.04. The predicted molar refractivity (Wildman–Crippen MR) is 205 cm³/mol. The number of hydrogen-bond acceptors (Lipinski definition) is 6. The van der Waals surface area contributed by atoms with Crippen molar-refractivity contribution >= 4 is 23.4 Å². The molecular weight excluding hydrogens is 654 g/mol. The molecule has 3 fully saturated rings. The highest BCUT2D eigenvalue weighted by Crippen LogP contribution is 2.66. The van der Waals surface area contributed by atoms with E-state index in [4.69, 9.17) is 9.47 Å². The van der Waals surface area contributed by atoms with Crippen molar-refractivity contribution in [3.63, 3.8) is 0 Å². The van der Waals surface area contributed by atoms with Crippen LogP contribution in [0.5, 0.6) is 5.75 Å². The van der Waals surface area contributed by atoms with Gasteiger partial charge < -0.3 is 29.3 Å². The van der Waals surface area contributed by atoms with Crippen LogP contribution >= 0.6 is 0 Å². The van der Waals surface area contributed by atoms with Crippen molar-refractivity contribution in [3.8, 4) is 5.75 Å². The molecule has 3 aliphatic rings. The van der Waals surface area contributed by atoms with Gasteiger partial charge in [0.15, 0.2) is 0 Å². The molecule has 3 aliphatic heterocycles. The Balaban J connectivity index is 1.66. The Kier molecular flexibility index (Phi) is 11.2. The Hall–Kier alpha value is -3.95. The summed E-state index contributed by atoms with van der Waals surface area (Å²) in [6.07, 6.45) is 4.85. The van der Waals surface area contributed by atoms with Gasteiger partial charge >= 0.3 is 0 Å². The first-order chi connectivity index (χ1) is 24.5. The number of nitrogens with zero attached hydrogens (tertiary/aromatic N) is 3. The molecule has 1 spiro atoms. The van der Waals surface area contributed by atoms with Crippen molar-refractivity contribution in [1.82, 2.24) is 9.80 Å². The molecule has 0 radical (unpaired) electrons. The summed E-state index contributed by atoms with van der Waals surface area (Å²) in [5.74, 6) is -2.13. The second kappa shape index (κ2) is 14.8. The summed E-state index contributed by atoms with van der Waals surface area (Å²) in [5, 5.41) is 11.0. The van der Waals surface area contributed by atoms with Gasteiger partial charge in [0.2, 0.25) is 17.7 Å². The van der Waals surface area contributed by atoms with Gasteiger partial charge in [-0.15, -0.1) is 13.2 Å². The Morgan fingerprint density at radius 3 is 2.23 bits per heavy atom. The van der Waals surface area contributed by atoms with Gasteiger partial charge in [-0.25, -0.2) is 0 Å². The van der Waals surface area contributed by atoms with Crippen LogP contribution in [0.1, 0.15) is 73.8 Å². The highest BCUT2D eigenvalue weighted by atomic mass is 16.5. The lowest BCUT2D eigenvalue weighted by Gasteiger charge is -2.46. The number of amides is 3. The molecule has 2 aromatic rings. The first-order valence-electron chi connectivity index (χ1n) is 18.7. The lowest BCUT2D eigenvalue weighted by molar-refractivity contribution is -0.159. The highest BCUT2D eigenvalue weighted by Gasteiger charge is 2.80. The second-order valence-corrected chi connectivity index (χ2v) is 16.9. The van der Waals surface area contributed by atoms with Crippen molar-refractivity contribution in [3.05, 3.63) is 85.5 Å². The minimum atomic E-state index is -1.29. The van der Waals surface area contributed by atoms with Crippen LogP contribution in [0.15, 0.2) is 79.9 Å². The summed E-state index contributed by atoms with van der Waals surface area (Å²) in [6, 6.07) is 15.2. The number of hydrogen-bond donors (Lipinski definition) is 1. The molecule has 3 heterocycles. The summed E-state index contributed by atoms with van der Waals surface area (Å²) >= 11 is 0. The predicted octanol–water partition coefficient (Wildman–Crippen LogP) is 6.45. The minimum Gasteiger partial charge on any atom is -0.494 e. The standard InChI is InChI=1S/C43H59N3O6/c1-11-23-44(31-19-21-33(22-20-31)51-13-3)37(48)34-35-38(49)46(32(27-47)25-30-17-15-14-16-18-30)36(43(35)26-29(4)42(34,10)52-43)39(50)45(24-12-2)41(8,9)28-40(5,6)7/h11-12,14-22,29,32,34-36,47H,1-2,13,23-28H2,3-10H3/t29?,32-,34-,35+,36?,42+,43?/m1/s1. The van der Waals surface area contributed by atoms with Crippen molar-refractivity contribution in [1.29, 1.82) is 0 Å². The molecule has 9 heteroatoms. The summed E-state index contributed by atoms with van der Waals surface area (Å²) in [4.78, 5) is 50.9.